The van der Waals surface area contributed by atoms with Crippen molar-refractivity contribution in [1.82, 2.24) is 0 Å². The van der Waals surface area contributed by atoms with Gasteiger partial charge in [-0.1, -0.05) is 0 Å². The maximum atomic E-state index is 4.83. The van der Waals surface area contributed by atoms with Gasteiger partial charge in [0.1, 0.15) is 0 Å². The minimum Gasteiger partial charge on any atom is -0.382 e. The van der Waals surface area contributed by atoms with Crippen LogP contribution in [0.1, 0.15) is 26.7 Å². The average molecular weight is 162 g/mol. The monoisotopic (exact) mass is 162 g/mol. The summed E-state index contributed by atoms with van der Waals surface area (Å²) in [6.07, 6.45) is 2.93. The summed E-state index contributed by atoms with van der Waals surface area (Å²) >= 11 is 2.07. The maximum Gasteiger partial charge on any atom is 0.0437 e. The van der Waals surface area contributed by atoms with Gasteiger partial charge >= 0.3 is 0 Å². The molecule has 1 aliphatic heterocycles. The van der Waals surface area contributed by atoms with Gasteiger partial charge in [-0.15, -0.1) is 0 Å². The fourth-order valence-corrected chi connectivity index (χ4v) is 1.74. The lowest BCUT2D eigenvalue weighted by molar-refractivity contribution is 0.162. The molecule has 1 saturated heterocycles. The largest absolute Gasteiger partial charge is 0.382 e. The Morgan fingerprint density at radius 1 is 1.10 bits per heavy atom. The molecule has 0 saturated carbocycles. The van der Waals surface area contributed by atoms with E-state index in [0.717, 1.165) is 13.2 Å². The Labute approximate surface area is 68.5 Å². The van der Waals surface area contributed by atoms with Gasteiger partial charge in [0, 0.05) is 13.2 Å². The summed E-state index contributed by atoms with van der Waals surface area (Å²) < 4.78 is 4.83. The van der Waals surface area contributed by atoms with E-state index in [1.165, 1.54) is 24.3 Å². The van der Waals surface area contributed by atoms with Crippen molar-refractivity contribution >= 4 is 11.8 Å². The molecule has 0 amide bonds. The van der Waals surface area contributed by atoms with Crippen molar-refractivity contribution in [1.29, 1.82) is 0 Å². The van der Waals surface area contributed by atoms with E-state index in [4.69, 9.17) is 4.74 Å². The molecule has 10 heavy (non-hydrogen) atoms. The Balaban J connectivity index is 0.000000162. The van der Waals surface area contributed by atoms with Gasteiger partial charge in [-0.2, -0.15) is 11.8 Å². The summed E-state index contributed by atoms with van der Waals surface area (Å²) in [6.45, 7) is 5.67. The second-order valence-electron chi connectivity index (χ2n) is 2.10. The van der Waals surface area contributed by atoms with Crippen molar-refractivity contribution in [3.8, 4) is 0 Å². The number of ether oxygens (including phenoxy) is 1. The van der Waals surface area contributed by atoms with Crippen molar-refractivity contribution in [2.24, 2.45) is 0 Å². The molecule has 1 heterocycles. The van der Waals surface area contributed by atoms with Crippen LogP contribution in [0.25, 0.3) is 0 Å². The molecule has 1 nitrogen and oxygen atoms in total. The summed E-state index contributed by atoms with van der Waals surface area (Å²) in [7, 11) is 0. The molecule has 0 spiro atoms. The van der Waals surface area contributed by atoms with E-state index in [-0.39, 0.29) is 0 Å². The Kier molecular flexibility index (Phi) is 9.60. The highest BCUT2D eigenvalue weighted by atomic mass is 32.2. The lowest BCUT2D eigenvalue weighted by atomic mass is 10.4. The topological polar surface area (TPSA) is 9.23 Å². The third kappa shape index (κ3) is 8.31. The first-order valence-electron chi connectivity index (χ1n) is 4.07. The highest BCUT2D eigenvalue weighted by Crippen LogP contribution is 2.14. The molecule has 1 aliphatic rings. The molecule has 0 unspecified atom stereocenters. The first-order chi connectivity index (χ1) is 4.91. The highest BCUT2D eigenvalue weighted by molar-refractivity contribution is 7.99. The zero-order valence-corrected chi connectivity index (χ0v) is 7.88. The second kappa shape index (κ2) is 9.31. The number of rotatable bonds is 2. The molecule has 1 fully saturated rings. The van der Waals surface area contributed by atoms with E-state index >= 15 is 0 Å². The first kappa shape index (κ1) is 10.3. The van der Waals surface area contributed by atoms with Crippen LogP contribution in [0.2, 0.25) is 0 Å². The molecule has 0 aliphatic carbocycles. The maximum absolute atomic E-state index is 4.83. The summed E-state index contributed by atoms with van der Waals surface area (Å²) in [5.74, 6) is 2.83. The van der Waals surface area contributed by atoms with Gasteiger partial charge < -0.3 is 4.74 Å². The van der Waals surface area contributed by atoms with Crippen LogP contribution in [-0.2, 0) is 4.74 Å². The van der Waals surface area contributed by atoms with Gasteiger partial charge in [0.25, 0.3) is 0 Å². The number of thioether (sulfide) groups is 1. The predicted molar refractivity (Wildman–Crippen MR) is 48.7 cm³/mol. The lowest BCUT2D eigenvalue weighted by Gasteiger charge is -1.86. The number of hydrogen-bond acceptors (Lipinski definition) is 2. The third-order valence-corrected chi connectivity index (χ3v) is 2.39. The highest BCUT2D eigenvalue weighted by Gasteiger charge is 1.95. The number of hydrogen-bond donors (Lipinski definition) is 0. The van der Waals surface area contributed by atoms with Crippen LogP contribution in [-0.4, -0.2) is 24.7 Å². The van der Waals surface area contributed by atoms with Crippen LogP contribution in [0.3, 0.4) is 0 Å². The standard InChI is InChI=1S/C4H10O.C4H8S/c1-3-5-4-2;1-2-4-5-3-1/h3-4H2,1-2H3;1-4H2. The smallest absolute Gasteiger partial charge is 0.0437 e. The van der Waals surface area contributed by atoms with Crippen molar-refractivity contribution < 1.29 is 4.74 Å². The Bertz CT molecular complexity index is 43.6. The van der Waals surface area contributed by atoms with Crippen molar-refractivity contribution in [3.05, 3.63) is 0 Å². The fourth-order valence-electron chi connectivity index (χ4n) is 0.714. The van der Waals surface area contributed by atoms with E-state index < -0.39 is 0 Å². The Hall–Kier alpha value is 0.310. The minimum atomic E-state index is 0.844. The van der Waals surface area contributed by atoms with Crippen LogP contribution in [0.15, 0.2) is 0 Å². The Morgan fingerprint density at radius 2 is 1.60 bits per heavy atom. The van der Waals surface area contributed by atoms with Crippen molar-refractivity contribution in [2.45, 2.75) is 26.7 Å². The van der Waals surface area contributed by atoms with Crippen LogP contribution in [0, 0.1) is 0 Å². The summed E-state index contributed by atoms with van der Waals surface area (Å²) in [5.41, 5.74) is 0. The summed E-state index contributed by atoms with van der Waals surface area (Å²) in [4.78, 5) is 0. The zero-order chi connectivity index (χ0) is 7.66. The zero-order valence-electron chi connectivity index (χ0n) is 7.06. The van der Waals surface area contributed by atoms with E-state index in [9.17, 15) is 0 Å². The minimum absolute atomic E-state index is 0.844. The molecular weight excluding hydrogens is 144 g/mol. The van der Waals surface area contributed by atoms with Gasteiger partial charge in [0.2, 0.25) is 0 Å². The van der Waals surface area contributed by atoms with Crippen LogP contribution in [0.4, 0.5) is 0 Å². The molecule has 0 bridgehead atoms. The molecule has 0 aromatic heterocycles. The molecule has 0 radical (unpaired) electrons. The summed E-state index contributed by atoms with van der Waals surface area (Å²) in [6, 6.07) is 0. The molecule has 0 N–H and O–H groups in total. The molecule has 2 heteroatoms. The molecule has 1 rings (SSSR count). The normalized spacial score (nSPS) is 16.2. The van der Waals surface area contributed by atoms with E-state index in [1.807, 2.05) is 13.8 Å². The molecule has 0 aromatic rings. The van der Waals surface area contributed by atoms with Gasteiger partial charge in [-0.25, -0.2) is 0 Å². The van der Waals surface area contributed by atoms with E-state index in [1.54, 1.807) is 0 Å². The van der Waals surface area contributed by atoms with Crippen LogP contribution in [0.5, 0.6) is 0 Å². The molecule has 0 atom stereocenters. The van der Waals surface area contributed by atoms with Crippen LogP contribution < -0.4 is 0 Å². The van der Waals surface area contributed by atoms with E-state index in [2.05, 4.69) is 11.8 Å². The predicted octanol–water partition coefficient (Wildman–Crippen LogP) is 2.56. The first-order valence-corrected chi connectivity index (χ1v) is 5.22. The van der Waals surface area contributed by atoms with Gasteiger partial charge in [-0.3, -0.25) is 0 Å². The van der Waals surface area contributed by atoms with Crippen molar-refractivity contribution in [2.75, 3.05) is 24.7 Å². The molecule has 0 aromatic carbocycles. The fraction of sp³-hybridized carbons (Fsp3) is 1.00. The van der Waals surface area contributed by atoms with Crippen molar-refractivity contribution in [3.63, 3.8) is 0 Å². The van der Waals surface area contributed by atoms with Crippen LogP contribution >= 0.6 is 11.8 Å². The second-order valence-corrected chi connectivity index (χ2v) is 3.33. The molecular formula is C8H18OS. The van der Waals surface area contributed by atoms with Gasteiger partial charge in [0.15, 0.2) is 0 Å². The third-order valence-electron chi connectivity index (χ3n) is 1.24. The van der Waals surface area contributed by atoms with E-state index in [0.29, 0.717) is 0 Å². The van der Waals surface area contributed by atoms with Gasteiger partial charge in [-0.05, 0) is 38.2 Å². The SMILES string of the molecule is C1CCSC1.CCOCC. The molecule has 62 valence electrons. The van der Waals surface area contributed by atoms with Gasteiger partial charge in [0.05, 0.1) is 0 Å². The lowest BCUT2D eigenvalue weighted by Crippen LogP contribution is -1.84. The quantitative estimate of drug-likeness (QED) is 0.617. The average Bonchev–Trinajstić information content (AvgIpc) is 2.44. The summed E-state index contributed by atoms with van der Waals surface area (Å²) in [5, 5.41) is 0. The Morgan fingerprint density at radius 3 is 1.70 bits per heavy atom.